The van der Waals surface area contributed by atoms with Gasteiger partial charge < -0.3 is 24.3 Å². The molecule has 1 fully saturated rings. The normalized spacial score (nSPS) is 20.8. The Balaban J connectivity index is 1.27. The van der Waals surface area contributed by atoms with Crippen LogP contribution in [0.2, 0.25) is 0 Å². The van der Waals surface area contributed by atoms with Crippen LogP contribution in [-0.2, 0) is 38.6 Å². The molecule has 8 nitrogen and oxygen atoms in total. The number of nitrogens with one attached hydrogen (secondary N) is 1. The van der Waals surface area contributed by atoms with Crippen molar-refractivity contribution in [2.24, 2.45) is 11.8 Å². The Morgan fingerprint density at radius 1 is 0.976 bits per heavy atom. The maximum Gasteiger partial charge on any atom is 0.410 e. The quantitative estimate of drug-likeness (QED) is 0.383. The summed E-state index contributed by atoms with van der Waals surface area (Å²) in [6.45, 7) is 6.72. The number of hydrogen-bond acceptors (Lipinski definition) is 5. The molecular weight excluding hydrogens is 518 g/mol. The number of aromatic nitrogens is 1. The minimum absolute atomic E-state index is 0.00918. The molecule has 0 unspecified atom stereocenters. The van der Waals surface area contributed by atoms with E-state index in [1.54, 1.807) is 16.8 Å². The zero-order chi connectivity index (χ0) is 29.1. The molecular formula is C33H41N3O5. The minimum Gasteiger partial charge on any atom is -0.459 e. The van der Waals surface area contributed by atoms with Crippen LogP contribution in [0.25, 0.3) is 10.9 Å². The Kier molecular flexibility index (Phi) is 8.38. The highest BCUT2D eigenvalue weighted by Gasteiger charge is 2.40. The molecule has 0 spiro atoms. The van der Waals surface area contributed by atoms with E-state index in [0.29, 0.717) is 25.4 Å². The average Bonchev–Trinajstić information content (AvgIpc) is 3.32. The lowest BCUT2D eigenvalue weighted by molar-refractivity contribution is -0.159. The van der Waals surface area contributed by atoms with Crippen molar-refractivity contribution < 1.29 is 23.9 Å². The van der Waals surface area contributed by atoms with Crippen LogP contribution in [-0.4, -0.2) is 58.0 Å². The second kappa shape index (κ2) is 12.0. The Morgan fingerprint density at radius 3 is 2.37 bits per heavy atom. The molecule has 0 radical (unpaired) electrons. The Morgan fingerprint density at radius 2 is 1.66 bits per heavy atom. The predicted molar refractivity (Wildman–Crippen MR) is 157 cm³/mol. The Hall–Kier alpha value is -3.81. The molecule has 5 rings (SSSR count). The summed E-state index contributed by atoms with van der Waals surface area (Å²) in [5, 5.41) is 1.09. The fourth-order valence-corrected chi connectivity index (χ4v) is 6.10. The van der Waals surface area contributed by atoms with Crippen molar-refractivity contribution in [3.63, 3.8) is 0 Å². The monoisotopic (exact) mass is 559 g/mol. The third-order valence-corrected chi connectivity index (χ3v) is 8.22. The number of rotatable bonds is 6. The molecule has 2 aromatic carbocycles. The molecule has 41 heavy (non-hydrogen) atoms. The molecule has 2 amide bonds. The number of carbonyl (C=O) groups is 3. The van der Waals surface area contributed by atoms with Crippen molar-refractivity contribution in [1.29, 1.82) is 0 Å². The second-order valence-corrected chi connectivity index (χ2v) is 12.5. The van der Waals surface area contributed by atoms with Gasteiger partial charge in [0, 0.05) is 42.5 Å². The van der Waals surface area contributed by atoms with Gasteiger partial charge in [-0.1, -0.05) is 48.5 Å². The first-order valence-corrected chi connectivity index (χ1v) is 14.6. The van der Waals surface area contributed by atoms with E-state index in [1.165, 1.54) is 0 Å². The third-order valence-electron chi connectivity index (χ3n) is 8.22. The first-order valence-electron chi connectivity index (χ1n) is 14.6. The van der Waals surface area contributed by atoms with Gasteiger partial charge in [-0.25, -0.2) is 9.59 Å². The minimum atomic E-state index is -0.672. The highest BCUT2D eigenvalue weighted by molar-refractivity contribution is 5.90. The van der Waals surface area contributed by atoms with Crippen LogP contribution in [0.3, 0.4) is 0 Å². The van der Waals surface area contributed by atoms with Crippen molar-refractivity contribution in [2.75, 3.05) is 13.6 Å². The first-order chi connectivity index (χ1) is 19.6. The van der Waals surface area contributed by atoms with Gasteiger partial charge in [0.15, 0.2) is 0 Å². The first kappa shape index (κ1) is 28.7. The van der Waals surface area contributed by atoms with E-state index in [-0.39, 0.29) is 30.5 Å². The van der Waals surface area contributed by atoms with Crippen molar-refractivity contribution in [1.82, 2.24) is 14.8 Å². The number of ether oxygens (including phenoxy) is 2. The van der Waals surface area contributed by atoms with Gasteiger partial charge in [-0.05, 0) is 69.6 Å². The van der Waals surface area contributed by atoms with Gasteiger partial charge in [-0.15, -0.1) is 0 Å². The van der Waals surface area contributed by atoms with Crippen LogP contribution >= 0.6 is 0 Å². The lowest BCUT2D eigenvalue weighted by atomic mass is 9.80. The number of carbonyl (C=O) groups excluding carboxylic acids is 3. The molecule has 1 saturated carbocycles. The average molecular weight is 560 g/mol. The SMILES string of the molecule is CN(CC1CCC(C(=O)N2Cc3[nH]c4ccccc4c3C[C@H]2C(=O)OCc2ccccc2)CC1)C(=O)OC(C)(C)C. The number of hydrogen-bond donors (Lipinski definition) is 1. The molecule has 1 atom stereocenters. The van der Waals surface area contributed by atoms with Crippen LogP contribution in [0.4, 0.5) is 4.79 Å². The van der Waals surface area contributed by atoms with E-state index in [2.05, 4.69) is 11.1 Å². The second-order valence-electron chi connectivity index (χ2n) is 12.5. The summed E-state index contributed by atoms with van der Waals surface area (Å²) in [4.78, 5) is 46.8. The number of amides is 2. The van der Waals surface area contributed by atoms with Gasteiger partial charge in [0.2, 0.25) is 5.91 Å². The molecule has 2 aliphatic rings. The number of aromatic amines is 1. The Labute approximate surface area is 242 Å². The molecule has 1 N–H and O–H groups in total. The summed E-state index contributed by atoms with van der Waals surface area (Å²) in [5.41, 5.74) is 3.46. The summed E-state index contributed by atoms with van der Waals surface area (Å²) in [6.07, 6.45) is 3.25. The number of H-pyrrole nitrogens is 1. The number of esters is 1. The van der Waals surface area contributed by atoms with E-state index >= 15 is 0 Å². The summed E-state index contributed by atoms with van der Waals surface area (Å²) in [7, 11) is 1.77. The number of para-hydroxylation sites is 1. The topological polar surface area (TPSA) is 91.9 Å². The number of fused-ring (bicyclic) bond motifs is 3. The van der Waals surface area contributed by atoms with Gasteiger partial charge in [0.1, 0.15) is 18.2 Å². The van der Waals surface area contributed by atoms with Crippen LogP contribution in [0.1, 0.15) is 63.3 Å². The molecule has 0 bridgehead atoms. The fourth-order valence-electron chi connectivity index (χ4n) is 6.10. The zero-order valence-electron chi connectivity index (χ0n) is 24.5. The summed E-state index contributed by atoms with van der Waals surface area (Å²) >= 11 is 0. The molecule has 8 heteroatoms. The highest BCUT2D eigenvalue weighted by Crippen LogP contribution is 2.35. The van der Waals surface area contributed by atoms with Crippen molar-refractivity contribution in [2.45, 2.75) is 77.7 Å². The fraction of sp³-hybridized carbons (Fsp3) is 0.485. The molecule has 218 valence electrons. The molecule has 0 saturated heterocycles. The number of nitrogens with zero attached hydrogens (tertiary/aromatic N) is 2. The molecule has 2 heterocycles. The van der Waals surface area contributed by atoms with Crippen molar-refractivity contribution >= 4 is 28.9 Å². The van der Waals surface area contributed by atoms with Gasteiger partial charge in [0.05, 0.1) is 6.54 Å². The van der Waals surface area contributed by atoms with Gasteiger partial charge in [-0.2, -0.15) is 0 Å². The van der Waals surface area contributed by atoms with E-state index < -0.39 is 11.6 Å². The van der Waals surface area contributed by atoms with Crippen LogP contribution in [0, 0.1) is 11.8 Å². The smallest absolute Gasteiger partial charge is 0.410 e. The highest BCUT2D eigenvalue weighted by atomic mass is 16.6. The van der Waals surface area contributed by atoms with E-state index in [4.69, 9.17) is 9.47 Å². The zero-order valence-corrected chi connectivity index (χ0v) is 24.5. The molecule has 1 aromatic heterocycles. The Bertz CT molecular complexity index is 1380. The van der Waals surface area contributed by atoms with Gasteiger partial charge in [0.25, 0.3) is 0 Å². The molecule has 1 aliphatic carbocycles. The maximum absolute atomic E-state index is 14.0. The largest absolute Gasteiger partial charge is 0.459 e. The van der Waals surface area contributed by atoms with Gasteiger partial charge in [-0.3, -0.25) is 4.79 Å². The van der Waals surface area contributed by atoms with Gasteiger partial charge >= 0.3 is 12.1 Å². The lowest BCUT2D eigenvalue weighted by Crippen LogP contribution is -2.51. The summed E-state index contributed by atoms with van der Waals surface area (Å²) in [5.74, 6) is -0.209. The predicted octanol–water partition coefficient (Wildman–Crippen LogP) is 5.84. The van der Waals surface area contributed by atoms with E-state index in [1.807, 2.05) is 69.3 Å². The standard InChI is InChI=1S/C33H41N3O5/c1-33(2,3)41-32(39)35(4)19-22-14-16-24(17-15-22)30(37)36-20-28-26(25-12-8-9-13-27(25)34-28)18-29(36)31(38)40-21-23-10-6-5-7-11-23/h5-13,22,24,29,34H,14-21H2,1-4H3/t22?,24?,29-/m0/s1. The summed E-state index contributed by atoms with van der Waals surface area (Å²) in [6, 6.07) is 17.0. The van der Waals surface area contributed by atoms with E-state index in [9.17, 15) is 14.4 Å². The number of benzene rings is 2. The van der Waals surface area contributed by atoms with Crippen LogP contribution < -0.4 is 0 Å². The van der Waals surface area contributed by atoms with E-state index in [0.717, 1.165) is 53.4 Å². The third kappa shape index (κ3) is 6.75. The summed E-state index contributed by atoms with van der Waals surface area (Å²) < 4.78 is 11.3. The van der Waals surface area contributed by atoms with Crippen LogP contribution in [0.15, 0.2) is 54.6 Å². The van der Waals surface area contributed by atoms with Crippen molar-refractivity contribution in [3.05, 3.63) is 71.4 Å². The molecule has 1 aliphatic heterocycles. The van der Waals surface area contributed by atoms with Crippen molar-refractivity contribution in [3.8, 4) is 0 Å². The molecule has 3 aromatic rings. The van der Waals surface area contributed by atoms with Crippen LogP contribution in [0.5, 0.6) is 0 Å². The lowest BCUT2D eigenvalue weighted by Gasteiger charge is -2.38. The maximum atomic E-state index is 14.0.